The molecule has 0 fully saturated rings. The molecular weight excluding hydrogens is 226 g/mol. The Kier molecular flexibility index (Phi) is 5.86. The van der Waals surface area contributed by atoms with Crippen molar-refractivity contribution in [3.63, 3.8) is 0 Å². The second-order valence-corrected chi connectivity index (χ2v) is 4.72. The fraction of sp³-hybridized carbons (Fsp3) is 0.533. The molecule has 3 heteroatoms. The van der Waals surface area contributed by atoms with Crippen LogP contribution in [0.4, 0.5) is 0 Å². The van der Waals surface area contributed by atoms with Gasteiger partial charge in [0, 0.05) is 6.54 Å². The van der Waals surface area contributed by atoms with E-state index in [1.165, 1.54) is 5.56 Å². The van der Waals surface area contributed by atoms with Crippen molar-refractivity contribution >= 4 is 5.97 Å². The molecule has 0 aliphatic carbocycles. The Morgan fingerprint density at radius 1 is 1.22 bits per heavy atom. The SMILES string of the molecule is CCCN(CCC)Cc1ccc(C(=O)O)cc1C. The monoisotopic (exact) mass is 249 g/mol. The highest BCUT2D eigenvalue weighted by Gasteiger charge is 2.09. The van der Waals surface area contributed by atoms with E-state index in [9.17, 15) is 4.79 Å². The Morgan fingerprint density at radius 2 is 1.83 bits per heavy atom. The number of aromatic carboxylic acids is 1. The van der Waals surface area contributed by atoms with Gasteiger partial charge in [0.25, 0.3) is 0 Å². The van der Waals surface area contributed by atoms with Gasteiger partial charge in [-0.2, -0.15) is 0 Å². The van der Waals surface area contributed by atoms with Crippen LogP contribution in [-0.4, -0.2) is 29.1 Å². The van der Waals surface area contributed by atoms with Crippen molar-refractivity contribution in [1.29, 1.82) is 0 Å². The standard InChI is InChI=1S/C15H23NO2/c1-4-8-16(9-5-2)11-14-7-6-13(15(17)18)10-12(14)3/h6-7,10H,4-5,8-9,11H2,1-3H3,(H,17,18). The predicted molar refractivity (Wildman–Crippen MR) is 74.0 cm³/mol. The summed E-state index contributed by atoms with van der Waals surface area (Å²) in [5.41, 5.74) is 2.66. The average Bonchev–Trinajstić information content (AvgIpc) is 2.32. The van der Waals surface area contributed by atoms with Crippen LogP contribution >= 0.6 is 0 Å². The summed E-state index contributed by atoms with van der Waals surface area (Å²) in [6, 6.07) is 5.39. The molecule has 0 aromatic heterocycles. The van der Waals surface area contributed by atoms with E-state index in [1.54, 1.807) is 12.1 Å². The van der Waals surface area contributed by atoms with E-state index in [-0.39, 0.29) is 0 Å². The minimum atomic E-state index is -0.858. The van der Waals surface area contributed by atoms with Crippen LogP contribution in [0, 0.1) is 6.92 Å². The minimum Gasteiger partial charge on any atom is -0.478 e. The Hall–Kier alpha value is -1.35. The third-order valence-electron chi connectivity index (χ3n) is 3.06. The molecule has 1 aromatic carbocycles. The molecule has 3 nitrogen and oxygen atoms in total. The highest BCUT2D eigenvalue weighted by molar-refractivity contribution is 5.87. The van der Waals surface area contributed by atoms with E-state index in [1.807, 2.05) is 13.0 Å². The number of rotatable bonds is 7. The van der Waals surface area contributed by atoms with E-state index in [4.69, 9.17) is 5.11 Å². The van der Waals surface area contributed by atoms with Gasteiger partial charge in [0.1, 0.15) is 0 Å². The van der Waals surface area contributed by atoms with Crippen molar-refractivity contribution in [2.75, 3.05) is 13.1 Å². The van der Waals surface area contributed by atoms with Gasteiger partial charge in [-0.3, -0.25) is 4.90 Å². The Balaban J connectivity index is 2.79. The van der Waals surface area contributed by atoms with Crippen molar-refractivity contribution in [2.24, 2.45) is 0 Å². The van der Waals surface area contributed by atoms with E-state index in [0.29, 0.717) is 5.56 Å². The average molecular weight is 249 g/mol. The normalized spacial score (nSPS) is 10.9. The number of nitrogens with zero attached hydrogens (tertiary/aromatic N) is 1. The summed E-state index contributed by atoms with van der Waals surface area (Å²) in [7, 11) is 0. The van der Waals surface area contributed by atoms with Crippen molar-refractivity contribution in [3.8, 4) is 0 Å². The van der Waals surface area contributed by atoms with Gasteiger partial charge in [0.05, 0.1) is 5.56 Å². The fourth-order valence-corrected chi connectivity index (χ4v) is 2.15. The van der Waals surface area contributed by atoms with Crippen LogP contribution in [-0.2, 0) is 6.54 Å². The second-order valence-electron chi connectivity index (χ2n) is 4.72. The Morgan fingerprint density at radius 3 is 2.28 bits per heavy atom. The van der Waals surface area contributed by atoms with Crippen LogP contribution < -0.4 is 0 Å². The van der Waals surface area contributed by atoms with Crippen molar-refractivity contribution in [2.45, 2.75) is 40.2 Å². The number of benzene rings is 1. The number of aryl methyl sites for hydroxylation is 1. The molecule has 0 unspecified atom stereocenters. The third kappa shape index (κ3) is 4.15. The molecule has 0 saturated carbocycles. The van der Waals surface area contributed by atoms with Crippen LogP contribution in [0.15, 0.2) is 18.2 Å². The van der Waals surface area contributed by atoms with Crippen LogP contribution in [0.1, 0.15) is 48.2 Å². The molecule has 1 aromatic rings. The Bertz CT molecular complexity index is 395. The van der Waals surface area contributed by atoms with Gasteiger partial charge < -0.3 is 5.11 Å². The molecule has 0 aliphatic heterocycles. The van der Waals surface area contributed by atoms with Gasteiger partial charge in [-0.25, -0.2) is 4.79 Å². The van der Waals surface area contributed by atoms with E-state index >= 15 is 0 Å². The fourth-order valence-electron chi connectivity index (χ4n) is 2.15. The zero-order valence-corrected chi connectivity index (χ0v) is 11.6. The van der Waals surface area contributed by atoms with Crippen LogP contribution in [0.5, 0.6) is 0 Å². The van der Waals surface area contributed by atoms with Gasteiger partial charge in [0.15, 0.2) is 0 Å². The molecule has 0 heterocycles. The molecular formula is C15H23NO2. The van der Waals surface area contributed by atoms with E-state index in [0.717, 1.165) is 38.0 Å². The topological polar surface area (TPSA) is 40.5 Å². The number of carboxylic acid groups (broad SMARTS) is 1. The summed E-state index contributed by atoms with van der Waals surface area (Å²) >= 11 is 0. The van der Waals surface area contributed by atoms with Crippen molar-refractivity contribution in [1.82, 2.24) is 4.90 Å². The highest BCUT2D eigenvalue weighted by atomic mass is 16.4. The van der Waals surface area contributed by atoms with Crippen molar-refractivity contribution < 1.29 is 9.90 Å². The van der Waals surface area contributed by atoms with E-state index in [2.05, 4.69) is 18.7 Å². The van der Waals surface area contributed by atoms with E-state index < -0.39 is 5.97 Å². The lowest BCUT2D eigenvalue weighted by molar-refractivity contribution is 0.0696. The first-order chi connectivity index (χ1) is 8.58. The van der Waals surface area contributed by atoms with Crippen LogP contribution in [0.25, 0.3) is 0 Å². The number of carboxylic acids is 1. The number of hydrogen-bond donors (Lipinski definition) is 1. The lowest BCUT2D eigenvalue weighted by Crippen LogP contribution is -2.25. The van der Waals surface area contributed by atoms with Gasteiger partial charge >= 0.3 is 5.97 Å². The molecule has 0 atom stereocenters. The Labute approximate surface area is 109 Å². The maximum Gasteiger partial charge on any atom is 0.335 e. The van der Waals surface area contributed by atoms with Crippen LogP contribution in [0.3, 0.4) is 0 Å². The molecule has 0 radical (unpaired) electrons. The first-order valence-corrected chi connectivity index (χ1v) is 6.63. The summed E-state index contributed by atoms with van der Waals surface area (Å²) < 4.78 is 0. The van der Waals surface area contributed by atoms with Gasteiger partial charge in [-0.1, -0.05) is 19.9 Å². The summed E-state index contributed by atoms with van der Waals surface area (Å²) in [5, 5.41) is 8.94. The smallest absolute Gasteiger partial charge is 0.335 e. The third-order valence-corrected chi connectivity index (χ3v) is 3.06. The van der Waals surface area contributed by atoms with Gasteiger partial charge in [-0.15, -0.1) is 0 Å². The first-order valence-electron chi connectivity index (χ1n) is 6.63. The summed E-state index contributed by atoms with van der Waals surface area (Å²) in [5.74, 6) is -0.858. The van der Waals surface area contributed by atoms with Gasteiger partial charge in [0.2, 0.25) is 0 Å². The predicted octanol–water partition coefficient (Wildman–Crippen LogP) is 3.32. The zero-order chi connectivity index (χ0) is 13.5. The largest absolute Gasteiger partial charge is 0.478 e. The molecule has 0 amide bonds. The minimum absolute atomic E-state index is 0.369. The summed E-state index contributed by atoms with van der Waals surface area (Å²) in [4.78, 5) is 13.3. The first kappa shape index (κ1) is 14.7. The number of carbonyl (C=O) groups is 1. The van der Waals surface area contributed by atoms with Crippen molar-refractivity contribution in [3.05, 3.63) is 34.9 Å². The molecule has 0 bridgehead atoms. The number of hydrogen-bond acceptors (Lipinski definition) is 2. The molecule has 1 N–H and O–H groups in total. The molecule has 1 rings (SSSR count). The maximum atomic E-state index is 10.9. The maximum absolute atomic E-state index is 10.9. The quantitative estimate of drug-likeness (QED) is 0.806. The lowest BCUT2D eigenvalue weighted by Gasteiger charge is -2.22. The molecule has 0 spiro atoms. The molecule has 0 aliphatic rings. The molecule has 18 heavy (non-hydrogen) atoms. The summed E-state index contributed by atoms with van der Waals surface area (Å²) in [6.45, 7) is 9.44. The molecule has 100 valence electrons. The second kappa shape index (κ2) is 7.17. The molecule has 0 saturated heterocycles. The van der Waals surface area contributed by atoms with Crippen LogP contribution in [0.2, 0.25) is 0 Å². The lowest BCUT2D eigenvalue weighted by atomic mass is 10.0. The van der Waals surface area contributed by atoms with Gasteiger partial charge in [-0.05, 0) is 56.1 Å². The zero-order valence-electron chi connectivity index (χ0n) is 11.6. The summed E-state index contributed by atoms with van der Waals surface area (Å²) in [6.07, 6.45) is 2.29. The highest BCUT2D eigenvalue weighted by Crippen LogP contribution is 2.14.